The molecule has 0 radical (unpaired) electrons. The Balaban J connectivity index is 2.19. The number of carbonyl (C=O) groups is 1. The number of aliphatic carboxylic acids is 1. The average molecular weight is 328 g/mol. The van der Waals surface area contributed by atoms with Crippen LogP contribution in [0.3, 0.4) is 0 Å². The number of carboxylic acid groups (broad SMARTS) is 1. The molecule has 1 atom stereocenters. The summed E-state index contributed by atoms with van der Waals surface area (Å²) in [5.74, 6) is 0.132. The highest BCUT2D eigenvalue weighted by atomic mass is 16.5. The van der Waals surface area contributed by atoms with Crippen molar-refractivity contribution >= 4 is 5.97 Å². The van der Waals surface area contributed by atoms with Crippen LogP contribution < -0.4 is 9.47 Å². The minimum absolute atomic E-state index is 0.116. The number of hydrogen-bond acceptors (Lipinski definition) is 3. The molecule has 1 unspecified atom stereocenters. The molecule has 0 heterocycles. The summed E-state index contributed by atoms with van der Waals surface area (Å²) in [5.41, 5.74) is 2.68. The molecule has 0 fully saturated rings. The van der Waals surface area contributed by atoms with Crippen molar-refractivity contribution in [2.75, 3.05) is 7.11 Å². The van der Waals surface area contributed by atoms with Gasteiger partial charge in [-0.05, 0) is 62.1 Å². The van der Waals surface area contributed by atoms with E-state index in [4.69, 9.17) is 9.47 Å². The minimum Gasteiger partial charge on any atom is -0.496 e. The predicted octanol–water partition coefficient (Wildman–Crippen LogP) is 4.20. The number of carboxylic acids is 1. The van der Waals surface area contributed by atoms with E-state index in [9.17, 15) is 9.90 Å². The number of methoxy groups -OCH3 is 1. The Morgan fingerprint density at radius 1 is 1.12 bits per heavy atom. The Bertz CT molecular complexity index is 689. The molecule has 2 rings (SSSR count). The van der Waals surface area contributed by atoms with E-state index >= 15 is 0 Å². The highest BCUT2D eigenvalue weighted by Crippen LogP contribution is 2.27. The molecule has 4 nitrogen and oxygen atoms in total. The van der Waals surface area contributed by atoms with Crippen LogP contribution in [0.2, 0.25) is 0 Å². The molecule has 0 saturated heterocycles. The van der Waals surface area contributed by atoms with Gasteiger partial charge in [0.2, 0.25) is 0 Å². The van der Waals surface area contributed by atoms with Crippen LogP contribution in [0.1, 0.15) is 36.5 Å². The van der Waals surface area contributed by atoms with Gasteiger partial charge in [-0.3, -0.25) is 4.79 Å². The van der Waals surface area contributed by atoms with E-state index in [1.54, 1.807) is 7.11 Å². The van der Waals surface area contributed by atoms with Crippen LogP contribution in [0.15, 0.2) is 42.5 Å². The zero-order valence-electron chi connectivity index (χ0n) is 14.6. The molecular weight excluding hydrogens is 304 g/mol. The highest BCUT2D eigenvalue weighted by Gasteiger charge is 2.21. The Kier molecular flexibility index (Phi) is 5.85. The third-order valence-electron chi connectivity index (χ3n) is 3.85. The zero-order valence-corrected chi connectivity index (χ0v) is 14.6. The van der Waals surface area contributed by atoms with Crippen molar-refractivity contribution < 1.29 is 19.4 Å². The summed E-state index contributed by atoms with van der Waals surface area (Å²) in [4.78, 5) is 11.7. The van der Waals surface area contributed by atoms with Gasteiger partial charge in [0.25, 0.3) is 0 Å². The van der Waals surface area contributed by atoms with Gasteiger partial charge in [-0.25, -0.2) is 0 Å². The van der Waals surface area contributed by atoms with E-state index in [2.05, 4.69) is 0 Å². The summed E-state index contributed by atoms with van der Waals surface area (Å²) >= 11 is 0. The van der Waals surface area contributed by atoms with Crippen LogP contribution in [-0.2, 0) is 11.2 Å². The molecule has 0 spiro atoms. The molecule has 0 aliphatic heterocycles. The van der Waals surface area contributed by atoms with Gasteiger partial charge < -0.3 is 14.6 Å². The molecule has 0 aromatic heterocycles. The fraction of sp³-hybridized carbons (Fsp3) is 0.350. The lowest BCUT2D eigenvalue weighted by Gasteiger charge is -2.16. The Hall–Kier alpha value is -2.49. The third kappa shape index (κ3) is 4.51. The Morgan fingerprint density at radius 2 is 1.79 bits per heavy atom. The largest absolute Gasteiger partial charge is 0.496 e. The molecule has 2 aromatic rings. The molecule has 4 heteroatoms. The molecule has 1 N–H and O–H groups in total. The Morgan fingerprint density at radius 3 is 2.29 bits per heavy atom. The lowest BCUT2D eigenvalue weighted by molar-refractivity contribution is -0.138. The second-order valence-electron chi connectivity index (χ2n) is 6.13. The first-order valence-corrected chi connectivity index (χ1v) is 8.03. The molecule has 0 amide bonds. The third-order valence-corrected chi connectivity index (χ3v) is 3.85. The van der Waals surface area contributed by atoms with E-state index < -0.39 is 11.9 Å². The first kappa shape index (κ1) is 17.9. The molecule has 2 aromatic carbocycles. The lowest BCUT2D eigenvalue weighted by Crippen LogP contribution is -2.15. The maximum atomic E-state index is 11.7. The minimum atomic E-state index is -0.831. The maximum Gasteiger partial charge on any atom is 0.311 e. The van der Waals surface area contributed by atoms with Crippen molar-refractivity contribution in [1.29, 1.82) is 0 Å². The second-order valence-corrected chi connectivity index (χ2v) is 6.13. The van der Waals surface area contributed by atoms with Crippen LogP contribution in [0.5, 0.6) is 11.5 Å². The van der Waals surface area contributed by atoms with Crippen LogP contribution in [-0.4, -0.2) is 24.3 Å². The van der Waals surface area contributed by atoms with Crippen molar-refractivity contribution in [2.45, 2.75) is 39.2 Å². The first-order valence-electron chi connectivity index (χ1n) is 8.03. The average Bonchev–Trinajstić information content (AvgIpc) is 2.53. The van der Waals surface area contributed by atoms with Crippen LogP contribution in [0.4, 0.5) is 0 Å². The summed E-state index contributed by atoms with van der Waals surface area (Å²) in [6, 6.07) is 13.1. The van der Waals surface area contributed by atoms with Gasteiger partial charge in [0.05, 0.1) is 19.1 Å². The fourth-order valence-electron chi connectivity index (χ4n) is 2.68. The number of rotatable bonds is 7. The van der Waals surface area contributed by atoms with E-state index in [0.717, 1.165) is 28.2 Å². The predicted molar refractivity (Wildman–Crippen MR) is 94.0 cm³/mol. The monoisotopic (exact) mass is 328 g/mol. The lowest BCUT2D eigenvalue weighted by atomic mass is 9.91. The van der Waals surface area contributed by atoms with Gasteiger partial charge in [-0.1, -0.05) is 24.3 Å². The zero-order chi connectivity index (χ0) is 17.7. The summed E-state index contributed by atoms with van der Waals surface area (Å²) in [6.45, 7) is 5.86. The molecule has 128 valence electrons. The van der Waals surface area contributed by atoms with Crippen molar-refractivity contribution in [3.05, 3.63) is 59.2 Å². The standard InChI is InChI=1S/C20H24O4/c1-13(2)24-17-8-5-15(6-9-17)12-18(20(21)22)16-7-10-19(23-4)14(3)11-16/h5-11,13,18H,12H2,1-4H3,(H,21,22). The van der Waals surface area contributed by atoms with Gasteiger partial charge in [0.1, 0.15) is 11.5 Å². The van der Waals surface area contributed by atoms with Gasteiger partial charge in [0, 0.05) is 0 Å². The molecule has 0 aliphatic carbocycles. The molecule has 0 bridgehead atoms. The molecule has 0 saturated carbocycles. The summed E-state index contributed by atoms with van der Waals surface area (Å²) < 4.78 is 10.9. The number of ether oxygens (including phenoxy) is 2. The first-order chi connectivity index (χ1) is 11.4. The van der Waals surface area contributed by atoms with Crippen LogP contribution in [0.25, 0.3) is 0 Å². The highest BCUT2D eigenvalue weighted by molar-refractivity contribution is 5.76. The number of benzene rings is 2. The fourth-order valence-corrected chi connectivity index (χ4v) is 2.68. The topological polar surface area (TPSA) is 55.8 Å². The van der Waals surface area contributed by atoms with E-state index in [1.807, 2.05) is 63.2 Å². The number of aryl methyl sites for hydroxylation is 1. The Labute approximate surface area is 143 Å². The van der Waals surface area contributed by atoms with Crippen molar-refractivity contribution in [3.8, 4) is 11.5 Å². The van der Waals surface area contributed by atoms with E-state index in [0.29, 0.717) is 6.42 Å². The van der Waals surface area contributed by atoms with Crippen molar-refractivity contribution in [3.63, 3.8) is 0 Å². The second kappa shape index (κ2) is 7.86. The smallest absolute Gasteiger partial charge is 0.311 e. The normalized spacial score (nSPS) is 12.0. The summed E-state index contributed by atoms with van der Waals surface area (Å²) in [5, 5.41) is 9.62. The molecule has 24 heavy (non-hydrogen) atoms. The van der Waals surface area contributed by atoms with E-state index in [-0.39, 0.29) is 6.10 Å². The van der Waals surface area contributed by atoms with Crippen molar-refractivity contribution in [1.82, 2.24) is 0 Å². The van der Waals surface area contributed by atoms with Crippen LogP contribution >= 0.6 is 0 Å². The SMILES string of the molecule is COc1ccc(C(Cc2ccc(OC(C)C)cc2)C(=O)O)cc1C. The van der Waals surface area contributed by atoms with Gasteiger partial charge in [-0.15, -0.1) is 0 Å². The maximum absolute atomic E-state index is 11.7. The summed E-state index contributed by atoms with van der Waals surface area (Å²) in [6.07, 6.45) is 0.549. The van der Waals surface area contributed by atoms with Gasteiger partial charge >= 0.3 is 5.97 Å². The molecule has 0 aliphatic rings. The number of hydrogen-bond donors (Lipinski definition) is 1. The summed E-state index contributed by atoms with van der Waals surface area (Å²) in [7, 11) is 1.61. The van der Waals surface area contributed by atoms with E-state index in [1.165, 1.54) is 0 Å². The van der Waals surface area contributed by atoms with Gasteiger partial charge in [0.15, 0.2) is 0 Å². The van der Waals surface area contributed by atoms with Crippen LogP contribution in [0, 0.1) is 6.92 Å². The molecular formula is C20H24O4. The van der Waals surface area contributed by atoms with Crippen molar-refractivity contribution in [2.24, 2.45) is 0 Å². The van der Waals surface area contributed by atoms with Gasteiger partial charge in [-0.2, -0.15) is 0 Å². The quantitative estimate of drug-likeness (QED) is 0.827.